The average Bonchev–Trinajstić information content (AvgIpc) is 2.37. The summed E-state index contributed by atoms with van der Waals surface area (Å²) in [6.07, 6.45) is 2.93. The van der Waals surface area contributed by atoms with Gasteiger partial charge in [0, 0.05) is 11.8 Å². The van der Waals surface area contributed by atoms with Crippen molar-refractivity contribution in [1.29, 1.82) is 0 Å². The highest BCUT2D eigenvalue weighted by atomic mass is 19.1. The summed E-state index contributed by atoms with van der Waals surface area (Å²) in [5.41, 5.74) is 2.57. The number of hydrogen-bond acceptors (Lipinski definition) is 1. The molecule has 0 saturated heterocycles. The van der Waals surface area contributed by atoms with E-state index < -0.39 is 0 Å². The van der Waals surface area contributed by atoms with E-state index in [1.165, 1.54) is 18.2 Å². The van der Waals surface area contributed by atoms with Crippen LogP contribution in [0, 0.1) is 12.7 Å². The molecule has 0 atom stereocenters. The number of halogens is 2. The maximum atomic E-state index is 13.5. The molecule has 92 valence electrons. The Balaban J connectivity index is 2.46. The lowest BCUT2D eigenvalue weighted by Gasteiger charge is -2.06. The highest BCUT2D eigenvalue weighted by Gasteiger charge is 2.07. The molecular formula is C15H13F2N. The zero-order chi connectivity index (χ0) is 13.1. The Kier molecular flexibility index (Phi) is 3.51. The van der Waals surface area contributed by atoms with Crippen LogP contribution in [-0.2, 0) is 0 Å². The lowest BCUT2D eigenvalue weighted by atomic mass is 10.0. The second kappa shape index (κ2) is 5.08. The molecular weight excluding hydrogens is 232 g/mol. The summed E-state index contributed by atoms with van der Waals surface area (Å²) in [5, 5.41) is 0. The molecule has 3 heteroatoms. The maximum absolute atomic E-state index is 13.5. The molecule has 0 N–H and O–H groups in total. The van der Waals surface area contributed by atoms with Crippen molar-refractivity contribution in [2.45, 2.75) is 13.8 Å². The van der Waals surface area contributed by atoms with Crippen molar-refractivity contribution in [2.75, 3.05) is 0 Å². The van der Waals surface area contributed by atoms with Crippen LogP contribution >= 0.6 is 0 Å². The van der Waals surface area contributed by atoms with E-state index in [1.54, 1.807) is 38.2 Å². The van der Waals surface area contributed by atoms with E-state index in [0.717, 1.165) is 16.7 Å². The SMILES string of the molecule is C/C=C(/F)c1ncc(-c2cccc(F)c2)cc1C. The van der Waals surface area contributed by atoms with Gasteiger partial charge in [-0.05, 0) is 49.2 Å². The van der Waals surface area contributed by atoms with E-state index >= 15 is 0 Å². The molecule has 0 unspecified atom stereocenters. The van der Waals surface area contributed by atoms with Gasteiger partial charge in [-0.3, -0.25) is 4.98 Å². The van der Waals surface area contributed by atoms with E-state index in [-0.39, 0.29) is 11.6 Å². The predicted molar refractivity (Wildman–Crippen MR) is 69.1 cm³/mol. The van der Waals surface area contributed by atoms with Gasteiger partial charge in [0.05, 0.1) is 0 Å². The van der Waals surface area contributed by atoms with Gasteiger partial charge in [-0.1, -0.05) is 12.1 Å². The van der Waals surface area contributed by atoms with Crippen molar-refractivity contribution >= 4 is 5.83 Å². The molecule has 0 radical (unpaired) electrons. The van der Waals surface area contributed by atoms with Crippen molar-refractivity contribution < 1.29 is 8.78 Å². The lowest BCUT2D eigenvalue weighted by Crippen LogP contribution is -1.92. The van der Waals surface area contributed by atoms with Crippen LogP contribution in [0.5, 0.6) is 0 Å². The molecule has 0 spiro atoms. The summed E-state index contributed by atoms with van der Waals surface area (Å²) >= 11 is 0. The van der Waals surface area contributed by atoms with Crippen molar-refractivity contribution in [3.63, 3.8) is 0 Å². The van der Waals surface area contributed by atoms with Gasteiger partial charge >= 0.3 is 0 Å². The van der Waals surface area contributed by atoms with Gasteiger partial charge in [-0.25, -0.2) is 8.78 Å². The van der Waals surface area contributed by atoms with Crippen molar-refractivity contribution in [3.05, 3.63) is 59.7 Å². The highest BCUT2D eigenvalue weighted by molar-refractivity contribution is 5.67. The first kappa shape index (κ1) is 12.4. The Morgan fingerprint density at radius 3 is 2.61 bits per heavy atom. The van der Waals surface area contributed by atoms with Gasteiger partial charge in [0.25, 0.3) is 0 Å². The molecule has 2 aromatic rings. The van der Waals surface area contributed by atoms with E-state index in [1.807, 2.05) is 0 Å². The summed E-state index contributed by atoms with van der Waals surface area (Å²) in [4.78, 5) is 4.09. The molecule has 0 fully saturated rings. The van der Waals surface area contributed by atoms with Crippen LogP contribution in [0.25, 0.3) is 17.0 Å². The monoisotopic (exact) mass is 245 g/mol. The third kappa shape index (κ3) is 2.45. The molecule has 0 aliphatic rings. The zero-order valence-electron chi connectivity index (χ0n) is 10.2. The topological polar surface area (TPSA) is 12.9 Å². The van der Waals surface area contributed by atoms with Gasteiger partial charge < -0.3 is 0 Å². The number of rotatable bonds is 2. The van der Waals surface area contributed by atoms with Gasteiger partial charge in [-0.15, -0.1) is 0 Å². The third-order valence-corrected chi connectivity index (χ3v) is 2.72. The van der Waals surface area contributed by atoms with E-state index in [4.69, 9.17) is 0 Å². The quantitative estimate of drug-likeness (QED) is 0.757. The molecule has 0 amide bonds. The molecule has 18 heavy (non-hydrogen) atoms. The van der Waals surface area contributed by atoms with Crippen LogP contribution in [0.15, 0.2) is 42.6 Å². The Hall–Kier alpha value is -2.03. The zero-order valence-corrected chi connectivity index (χ0v) is 10.2. The fourth-order valence-corrected chi connectivity index (χ4v) is 1.79. The van der Waals surface area contributed by atoms with Gasteiger partial charge in [0.2, 0.25) is 0 Å². The van der Waals surface area contributed by atoms with Crippen LogP contribution < -0.4 is 0 Å². The predicted octanol–water partition coefficient (Wildman–Crippen LogP) is 4.53. The van der Waals surface area contributed by atoms with Crippen LogP contribution in [0.2, 0.25) is 0 Å². The molecule has 0 bridgehead atoms. The van der Waals surface area contributed by atoms with Crippen LogP contribution in [-0.4, -0.2) is 4.98 Å². The molecule has 0 aliphatic carbocycles. The normalized spacial score (nSPS) is 11.7. The van der Waals surface area contributed by atoms with Crippen LogP contribution in [0.1, 0.15) is 18.2 Å². The first-order chi connectivity index (χ1) is 8.61. The summed E-state index contributed by atoms with van der Waals surface area (Å²) in [7, 11) is 0. The van der Waals surface area contributed by atoms with Gasteiger partial charge in [0.15, 0.2) is 0 Å². The first-order valence-corrected chi connectivity index (χ1v) is 5.66. The van der Waals surface area contributed by atoms with Crippen LogP contribution in [0.4, 0.5) is 8.78 Å². The number of allylic oxidation sites excluding steroid dienone is 1. The minimum Gasteiger partial charge on any atom is -0.253 e. The number of pyridine rings is 1. The Bertz CT molecular complexity index is 603. The fraction of sp³-hybridized carbons (Fsp3) is 0.133. The molecule has 1 nitrogen and oxygen atoms in total. The number of hydrogen-bond donors (Lipinski definition) is 0. The number of aryl methyl sites for hydroxylation is 1. The molecule has 1 aromatic carbocycles. The maximum Gasteiger partial charge on any atom is 0.144 e. The van der Waals surface area contributed by atoms with E-state index in [2.05, 4.69) is 4.98 Å². The molecule has 2 rings (SSSR count). The number of aromatic nitrogens is 1. The second-order valence-electron chi connectivity index (χ2n) is 4.04. The number of nitrogens with zero attached hydrogens (tertiary/aromatic N) is 1. The second-order valence-corrected chi connectivity index (χ2v) is 4.04. The first-order valence-electron chi connectivity index (χ1n) is 5.66. The molecule has 0 saturated carbocycles. The van der Waals surface area contributed by atoms with Crippen LogP contribution in [0.3, 0.4) is 0 Å². The summed E-state index contributed by atoms with van der Waals surface area (Å²) in [6, 6.07) is 8.06. The standard InChI is InChI=1S/C15H13F2N/c1-3-14(17)15-10(2)7-12(9-18-15)11-5-4-6-13(16)8-11/h3-9H,1-2H3/b14-3+. The van der Waals surface area contributed by atoms with Crippen molar-refractivity contribution in [2.24, 2.45) is 0 Å². The van der Waals surface area contributed by atoms with Crippen molar-refractivity contribution in [3.8, 4) is 11.1 Å². The van der Waals surface area contributed by atoms with Gasteiger partial charge in [-0.2, -0.15) is 0 Å². The molecule has 1 heterocycles. The smallest absolute Gasteiger partial charge is 0.144 e. The minimum atomic E-state index is -0.349. The lowest BCUT2D eigenvalue weighted by molar-refractivity contribution is 0.628. The summed E-state index contributed by atoms with van der Waals surface area (Å²) in [5.74, 6) is -0.646. The number of benzene rings is 1. The average molecular weight is 245 g/mol. The molecule has 0 aliphatic heterocycles. The Morgan fingerprint density at radius 2 is 2.00 bits per heavy atom. The van der Waals surface area contributed by atoms with Gasteiger partial charge in [0.1, 0.15) is 17.3 Å². The van der Waals surface area contributed by atoms with Crippen molar-refractivity contribution in [1.82, 2.24) is 4.98 Å². The summed E-state index contributed by atoms with van der Waals surface area (Å²) < 4.78 is 26.6. The fourth-order valence-electron chi connectivity index (χ4n) is 1.79. The van der Waals surface area contributed by atoms with E-state index in [0.29, 0.717) is 5.69 Å². The largest absolute Gasteiger partial charge is 0.253 e. The highest BCUT2D eigenvalue weighted by Crippen LogP contribution is 2.24. The summed E-state index contributed by atoms with van der Waals surface area (Å²) in [6.45, 7) is 3.41. The van der Waals surface area contributed by atoms with E-state index in [9.17, 15) is 8.78 Å². The molecule has 1 aromatic heterocycles. The third-order valence-electron chi connectivity index (χ3n) is 2.72. The Labute approximate surface area is 105 Å². The minimum absolute atomic E-state index is 0.297. The Morgan fingerprint density at radius 1 is 1.22 bits per heavy atom.